The number of alkyl halides is 3. The van der Waals surface area contributed by atoms with E-state index >= 15 is 0 Å². The molecule has 1 saturated heterocycles. The highest BCUT2D eigenvalue weighted by Gasteiger charge is 2.42. The van der Waals surface area contributed by atoms with E-state index in [1.54, 1.807) is 0 Å². The molecule has 6 nitrogen and oxygen atoms in total. The molecular formula is C11H14F3N3O3. The Morgan fingerprint density at radius 2 is 2.05 bits per heavy atom. The highest BCUT2D eigenvalue weighted by molar-refractivity contribution is 5.90. The maximum atomic E-state index is 13.0. The van der Waals surface area contributed by atoms with Gasteiger partial charge in [0.2, 0.25) is 0 Å². The molecule has 0 unspecified atom stereocenters. The molecular weight excluding hydrogens is 279 g/mol. The van der Waals surface area contributed by atoms with Gasteiger partial charge >= 0.3 is 12.1 Å². The van der Waals surface area contributed by atoms with E-state index in [4.69, 9.17) is 10.5 Å². The van der Waals surface area contributed by atoms with Crippen molar-refractivity contribution in [2.24, 2.45) is 0 Å². The van der Waals surface area contributed by atoms with E-state index in [1.807, 2.05) is 0 Å². The van der Waals surface area contributed by atoms with Crippen molar-refractivity contribution in [2.45, 2.75) is 25.1 Å². The molecule has 1 aliphatic rings. The standard InChI is InChI=1S/C11H14F3N3O3/c1-19-10(18)8-7(11(12,13)14)9(15)17(16-8)6-2-4-20-5-3-6/h6H,2-5,15H2,1H3. The third-order valence-electron chi connectivity index (χ3n) is 3.15. The van der Waals surface area contributed by atoms with Gasteiger partial charge in [-0.3, -0.25) is 0 Å². The molecule has 1 fully saturated rings. The summed E-state index contributed by atoms with van der Waals surface area (Å²) < 4.78 is 49.6. The van der Waals surface area contributed by atoms with E-state index in [0.29, 0.717) is 26.1 Å². The molecule has 0 saturated carbocycles. The van der Waals surface area contributed by atoms with Gasteiger partial charge in [-0.2, -0.15) is 18.3 Å². The number of nitrogen functional groups attached to an aromatic ring is 1. The molecule has 0 spiro atoms. The van der Waals surface area contributed by atoms with Crippen molar-refractivity contribution in [2.75, 3.05) is 26.1 Å². The predicted octanol–water partition coefficient (Wildman–Crippen LogP) is 1.62. The third-order valence-corrected chi connectivity index (χ3v) is 3.15. The monoisotopic (exact) mass is 293 g/mol. The lowest BCUT2D eigenvalue weighted by Crippen LogP contribution is -2.22. The Labute approximate surface area is 112 Å². The van der Waals surface area contributed by atoms with Gasteiger partial charge in [0, 0.05) is 13.2 Å². The Kier molecular flexibility index (Phi) is 3.89. The van der Waals surface area contributed by atoms with Crippen molar-refractivity contribution in [3.63, 3.8) is 0 Å². The zero-order valence-electron chi connectivity index (χ0n) is 10.7. The van der Waals surface area contributed by atoms with Crippen LogP contribution in [0.2, 0.25) is 0 Å². The first kappa shape index (κ1) is 14.6. The van der Waals surface area contributed by atoms with Crippen molar-refractivity contribution in [1.82, 2.24) is 9.78 Å². The number of carbonyl (C=O) groups is 1. The lowest BCUT2D eigenvalue weighted by atomic mass is 10.1. The van der Waals surface area contributed by atoms with Crippen LogP contribution < -0.4 is 5.73 Å². The number of esters is 1. The maximum Gasteiger partial charge on any atom is 0.422 e. The number of methoxy groups -OCH3 is 1. The number of ether oxygens (including phenoxy) is 2. The summed E-state index contributed by atoms with van der Waals surface area (Å²) in [5.41, 5.74) is 3.50. The summed E-state index contributed by atoms with van der Waals surface area (Å²) >= 11 is 0. The molecule has 1 aromatic heterocycles. The molecule has 1 aromatic rings. The van der Waals surface area contributed by atoms with E-state index in [2.05, 4.69) is 9.84 Å². The number of carbonyl (C=O) groups excluding carboxylic acids is 1. The van der Waals surface area contributed by atoms with Crippen molar-refractivity contribution in [3.8, 4) is 0 Å². The van der Waals surface area contributed by atoms with Crippen LogP contribution in [-0.4, -0.2) is 36.1 Å². The molecule has 0 bridgehead atoms. The molecule has 0 aromatic carbocycles. The minimum Gasteiger partial charge on any atom is -0.464 e. The Morgan fingerprint density at radius 1 is 1.45 bits per heavy atom. The first-order valence-electron chi connectivity index (χ1n) is 5.97. The van der Waals surface area contributed by atoms with E-state index in [0.717, 1.165) is 11.8 Å². The molecule has 0 atom stereocenters. The third kappa shape index (κ3) is 2.58. The number of halogens is 3. The van der Waals surface area contributed by atoms with Crippen molar-refractivity contribution >= 4 is 11.8 Å². The molecule has 2 N–H and O–H groups in total. The van der Waals surface area contributed by atoms with E-state index in [9.17, 15) is 18.0 Å². The average molecular weight is 293 g/mol. The summed E-state index contributed by atoms with van der Waals surface area (Å²) in [6.07, 6.45) is -3.79. The summed E-state index contributed by atoms with van der Waals surface area (Å²) in [5, 5.41) is 3.71. The van der Waals surface area contributed by atoms with E-state index in [1.165, 1.54) is 0 Å². The van der Waals surface area contributed by atoms with Gasteiger partial charge in [-0.15, -0.1) is 0 Å². The Bertz CT molecular complexity index is 507. The van der Waals surface area contributed by atoms with Gasteiger partial charge in [-0.05, 0) is 12.8 Å². The Morgan fingerprint density at radius 3 is 2.55 bits per heavy atom. The van der Waals surface area contributed by atoms with Crippen LogP contribution >= 0.6 is 0 Å². The van der Waals surface area contributed by atoms with Crippen LogP contribution in [0.1, 0.15) is 34.9 Å². The summed E-state index contributed by atoms with van der Waals surface area (Å²) in [7, 11) is 0.992. The molecule has 0 amide bonds. The second kappa shape index (κ2) is 5.31. The summed E-state index contributed by atoms with van der Waals surface area (Å²) in [6.45, 7) is 0.831. The number of nitrogens with zero attached hydrogens (tertiary/aromatic N) is 2. The van der Waals surface area contributed by atoms with Crippen LogP contribution in [-0.2, 0) is 15.7 Å². The van der Waals surface area contributed by atoms with Crippen LogP contribution in [0.4, 0.5) is 19.0 Å². The van der Waals surface area contributed by atoms with Gasteiger partial charge in [0.15, 0.2) is 5.69 Å². The summed E-state index contributed by atoms with van der Waals surface area (Å²) in [6, 6.07) is -0.316. The highest BCUT2D eigenvalue weighted by Crippen LogP contribution is 2.38. The fraction of sp³-hybridized carbons (Fsp3) is 0.636. The van der Waals surface area contributed by atoms with Crippen molar-refractivity contribution in [1.29, 1.82) is 0 Å². The van der Waals surface area contributed by atoms with Gasteiger partial charge in [0.25, 0.3) is 0 Å². The Balaban J connectivity index is 2.49. The van der Waals surface area contributed by atoms with Crippen LogP contribution in [0, 0.1) is 0 Å². The average Bonchev–Trinajstić information content (AvgIpc) is 2.76. The fourth-order valence-corrected chi connectivity index (χ4v) is 2.17. The lowest BCUT2D eigenvalue weighted by Gasteiger charge is -2.23. The van der Waals surface area contributed by atoms with Crippen LogP contribution in [0.15, 0.2) is 0 Å². The van der Waals surface area contributed by atoms with Gasteiger partial charge < -0.3 is 15.2 Å². The smallest absolute Gasteiger partial charge is 0.422 e. The highest BCUT2D eigenvalue weighted by atomic mass is 19.4. The van der Waals surface area contributed by atoms with Gasteiger partial charge in [0.1, 0.15) is 11.4 Å². The summed E-state index contributed by atoms with van der Waals surface area (Å²) in [4.78, 5) is 11.5. The quantitative estimate of drug-likeness (QED) is 0.838. The molecule has 2 rings (SSSR count). The van der Waals surface area contributed by atoms with Gasteiger partial charge in [0.05, 0.1) is 13.2 Å². The number of hydrogen-bond acceptors (Lipinski definition) is 5. The summed E-state index contributed by atoms with van der Waals surface area (Å²) in [5.74, 6) is -1.72. The number of hydrogen-bond donors (Lipinski definition) is 1. The van der Waals surface area contributed by atoms with Crippen LogP contribution in [0.3, 0.4) is 0 Å². The van der Waals surface area contributed by atoms with Gasteiger partial charge in [-0.1, -0.05) is 0 Å². The second-order valence-electron chi connectivity index (χ2n) is 4.39. The first-order valence-corrected chi connectivity index (χ1v) is 5.97. The number of nitrogens with two attached hydrogens (primary N) is 1. The second-order valence-corrected chi connectivity index (χ2v) is 4.39. The molecule has 20 heavy (non-hydrogen) atoms. The molecule has 0 radical (unpaired) electrons. The molecule has 112 valence electrons. The van der Waals surface area contributed by atoms with Crippen molar-refractivity contribution < 1.29 is 27.4 Å². The maximum absolute atomic E-state index is 13.0. The zero-order valence-corrected chi connectivity index (χ0v) is 10.7. The largest absolute Gasteiger partial charge is 0.464 e. The zero-order chi connectivity index (χ0) is 14.9. The fourth-order valence-electron chi connectivity index (χ4n) is 2.17. The van der Waals surface area contributed by atoms with Crippen LogP contribution in [0.25, 0.3) is 0 Å². The van der Waals surface area contributed by atoms with E-state index < -0.39 is 29.2 Å². The van der Waals surface area contributed by atoms with E-state index in [-0.39, 0.29) is 6.04 Å². The normalized spacial score (nSPS) is 17.2. The van der Waals surface area contributed by atoms with Gasteiger partial charge in [-0.25, -0.2) is 9.48 Å². The molecule has 0 aliphatic carbocycles. The minimum absolute atomic E-state index is 0.316. The molecule has 9 heteroatoms. The van der Waals surface area contributed by atoms with Crippen molar-refractivity contribution in [3.05, 3.63) is 11.3 Å². The topological polar surface area (TPSA) is 79.4 Å². The lowest BCUT2D eigenvalue weighted by molar-refractivity contribution is -0.137. The minimum atomic E-state index is -4.77. The predicted molar refractivity (Wildman–Crippen MR) is 62.1 cm³/mol. The molecule has 1 aliphatic heterocycles. The SMILES string of the molecule is COC(=O)c1nn(C2CCOCC2)c(N)c1C(F)(F)F. The molecule has 2 heterocycles. The number of anilines is 1. The number of aromatic nitrogens is 2. The first-order chi connectivity index (χ1) is 9.36. The Hall–Kier alpha value is -1.77. The van der Waals surface area contributed by atoms with Crippen LogP contribution in [0.5, 0.6) is 0 Å². The number of rotatable bonds is 2.